The molecule has 8 heteroatoms. The maximum Gasteiger partial charge on any atom is 0.307 e. The molecule has 0 unspecified atom stereocenters. The number of aromatic nitrogens is 1. The highest BCUT2D eigenvalue weighted by atomic mass is 32.1. The third-order valence-electron chi connectivity index (χ3n) is 5.66. The number of benzene rings is 3. The average Bonchev–Trinajstić information content (AvgIpc) is 3.45. The van der Waals surface area contributed by atoms with Gasteiger partial charge in [-0.1, -0.05) is 72.0 Å². The highest BCUT2D eigenvalue weighted by Gasteiger charge is 2.23. The fourth-order valence-corrected chi connectivity index (χ4v) is 5.07. The first-order chi connectivity index (χ1) is 16.6. The third-order valence-corrected chi connectivity index (χ3v) is 6.70. The van der Waals surface area contributed by atoms with E-state index in [-0.39, 0.29) is 25.1 Å². The Labute approximate surface area is 199 Å². The van der Waals surface area contributed by atoms with Crippen molar-refractivity contribution in [2.75, 3.05) is 13.9 Å². The van der Waals surface area contributed by atoms with Crippen LogP contribution in [0.3, 0.4) is 0 Å². The zero-order valence-corrected chi connectivity index (χ0v) is 19.3. The van der Waals surface area contributed by atoms with Crippen LogP contribution in [0.2, 0.25) is 0 Å². The van der Waals surface area contributed by atoms with Gasteiger partial charge in [-0.3, -0.25) is 9.59 Å². The first kappa shape index (κ1) is 21.9. The number of amides is 1. The minimum atomic E-state index is -0.543. The van der Waals surface area contributed by atoms with E-state index >= 15 is 0 Å². The van der Waals surface area contributed by atoms with Gasteiger partial charge in [0.05, 0.1) is 29.7 Å². The zero-order chi connectivity index (χ0) is 23.5. The molecular formula is C26H22N2O5S. The van der Waals surface area contributed by atoms with E-state index in [1.54, 1.807) is 0 Å². The van der Waals surface area contributed by atoms with Crippen LogP contribution < -0.4 is 14.3 Å². The largest absolute Gasteiger partial charge is 0.469 e. The standard InChI is InChI=1S/C26H22N2O5S/c1-31-23(29)12-13-28-19-14-20-21(33-16-32-20)15-22(19)34-26(28)27-25(30)24(17-8-4-2-5-9-17)18-10-6-3-7-11-18/h2-11,14-15,24H,12-13,16H2,1H3. The molecule has 1 amide bonds. The topological polar surface area (TPSA) is 79.1 Å². The van der Waals surface area contributed by atoms with Crippen LogP contribution in [-0.2, 0) is 20.9 Å². The molecule has 0 bridgehead atoms. The van der Waals surface area contributed by atoms with Crippen molar-refractivity contribution in [2.24, 2.45) is 4.99 Å². The Balaban J connectivity index is 1.62. The molecule has 0 N–H and O–H groups in total. The van der Waals surface area contributed by atoms with Crippen LogP contribution in [0.4, 0.5) is 0 Å². The Hall–Kier alpha value is -3.91. The Kier molecular flexibility index (Phi) is 6.14. The molecule has 4 aromatic rings. The van der Waals surface area contributed by atoms with Gasteiger partial charge in [-0.05, 0) is 11.1 Å². The summed E-state index contributed by atoms with van der Waals surface area (Å²) >= 11 is 1.37. The number of rotatable bonds is 6. The number of thiazole rings is 1. The Morgan fingerprint density at radius 1 is 1.00 bits per heavy atom. The third kappa shape index (κ3) is 4.32. The average molecular weight is 475 g/mol. The molecule has 0 radical (unpaired) electrons. The molecule has 34 heavy (non-hydrogen) atoms. The smallest absolute Gasteiger partial charge is 0.307 e. The monoisotopic (exact) mass is 474 g/mol. The second-order valence-electron chi connectivity index (χ2n) is 7.74. The first-order valence-electron chi connectivity index (χ1n) is 10.8. The number of ether oxygens (including phenoxy) is 3. The van der Waals surface area contributed by atoms with E-state index in [0.29, 0.717) is 22.8 Å². The maximum absolute atomic E-state index is 13.6. The summed E-state index contributed by atoms with van der Waals surface area (Å²) in [7, 11) is 1.36. The molecule has 1 aliphatic rings. The van der Waals surface area contributed by atoms with Crippen molar-refractivity contribution in [1.82, 2.24) is 4.57 Å². The molecule has 5 rings (SSSR count). The molecule has 1 aliphatic heterocycles. The summed E-state index contributed by atoms with van der Waals surface area (Å²) < 4.78 is 18.6. The van der Waals surface area contributed by atoms with Crippen molar-refractivity contribution in [3.63, 3.8) is 0 Å². The maximum atomic E-state index is 13.6. The van der Waals surface area contributed by atoms with Crippen LogP contribution in [0.1, 0.15) is 23.5 Å². The van der Waals surface area contributed by atoms with Gasteiger partial charge in [0.25, 0.3) is 5.91 Å². The summed E-state index contributed by atoms with van der Waals surface area (Å²) in [5.41, 5.74) is 2.55. The highest BCUT2D eigenvalue weighted by molar-refractivity contribution is 7.16. The van der Waals surface area contributed by atoms with Gasteiger partial charge in [-0.15, -0.1) is 0 Å². The molecule has 2 heterocycles. The number of hydrogen-bond acceptors (Lipinski definition) is 6. The lowest BCUT2D eigenvalue weighted by Crippen LogP contribution is -2.21. The lowest BCUT2D eigenvalue weighted by atomic mass is 9.91. The molecule has 0 atom stereocenters. The predicted molar refractivity (Wildman–Crippen MR) is 128 cm³/mol. The number of esters is 1. The van der Waals surface area contributed by atoms with Gasteiger partial charge in [-0.2, -0.15) is 4.99 Å². The van der Waals surface area contributed by atoms with Gasteiger partial charge in [-0.25, -0.2) is 0 Å². The molecule has 0 spiro atoms. The lowest BCUT2D eigenvalue weighted by Gasteiger charge is -2.14. The van der Waals surface area contributed by atoms with E-state index in [1.165, 1.54) is 18.4 Å². The minimum Gasteiger partial charge on any atom is -0.469 e. The Morgan fingerprint density at radius 3 is 2.24 bits per heavy atom. The SMILES string of the molecule is COC(=O)CCn1c(=NC(=O)C(c2ccccc2)c2ccccc2)sc2cc3c(cc21)OCO3. The second-order valence-corrected chi connectivity index (χ2v) is 8.75. The molecule has 0 saturated carbocycles. The van der Waals surface area contributed by atoms with Crippen LogP contribution in [0.15, 0.2) is 77.8 Å². The quantitative estimate of drug-likeness (QED) is 0.390. The van der Waals surface area contributed by atoms with Gasteiger partial charge >= 0.3 is 5.97 Å². The van der Waals surface area contributed by atoms with Crippen molar-refractivity contribution in [2.45, 2.75) is 18.9 Å². The predicted octanol–water partition coefficient (Wildman–Crippen LogP) is 4.25. The number of carbonyl (C=O) groups excluding carboxylic acids is 2. The fraction of sp³-hybridized carbons (Fsp3) is 0.192. The molecule has 0 saturated heterocycles. The molecule has 3 aromatic carbocycles. The molecule has 1 aromatic heterocycles. The summed E-state index contributed by atoms with van der Waals surface area (Å²) in [5, 5.41) is 0. The number of methoxy groups -OCH3 is 1. The van der Waals surface area contributed by atoms with Crippen molar-refractivity contribution < 1.29 is 23.8 Å². The van der Waals surface area contributed by atoms with Crippen LogP contribution in [-0.4, -0.2) is 30.3 Å². The summed E-state index contributed by atoms with van der Waals surface area (Å²) in [6.07, 6.45) is 0.152. The number of aryl methyl sites for hydroxylation is 1. The highest BCUT2D eigenvalue weighted by Crippen LogP contribution is 2.37. The summed E-state index contributed by atoms with van der Waals surface area (Å²) in [6.45, 7) is 0.486. The Morgan fingerprint density at radius 2 is 1.62 bits per heavy atom. The molecule has 172 valence electrons. The van der Waals surface area contributed by atoms with E-state index in [9.17, 15) is 9.59 Å². The first-order valence-corrected chi connectivity index (χ1v) is 11.6. The summed E-state index contributed by atoms with van der Waals surface area (Å²) in [5.74, 6) is 0.116. The number of fused-ring (bicyclic) bond motifs is 2. The number of carbonyl (C=O) groups is 2. The number of hydrogen-bond donors (Lipinski definition) is 0. The second kappa shape index (κ2) is 9.52. The van der Waals surface area contributed by atoms with Gasteiger partial charge in [0.1, 0.15) is 0 Å². The van der Waals surface area contributed by atoms with E-state index in [2.05, 4.69) is 4.99 Å². The van der Waals surface area contributed by atoms with Crippen LogP contribution >= 0.6 is 11.3 Å². The van der Waals surface area contributed by atoms with Crippen molar-refractivity contribution in [1.29, 1.82) is 0 Å². The van der Waals surface area contributed by atoms with Gasteiger partial charge in [0.15, 0.2) is 16.3 Å². The van der Waals surface area contributed by atoms with E-state index in [4.69, 9.17) is 14.2 Å². The van der Waals surface area contributed by atoms with Crippen molar-refractivity contribution >= 4 is 33.4 Å². The van der Waals surface area contributed by atoms with E-state index in [1.807, 2.05) is 77.4 Å². The molecular weight excluding hydrogens is 452 g/mol. The van der Waals surface area contributed by atoms with Gasteiger partial charge < -0.3 is 18.8 Å². The van der Waals surface area contributed by atoms with Crippen molar-refractivity contribution in [3.05, 3.63) is 88.7 Å². The summed E-state index contributed by atoms with van der Waals surface area (Å²) in [6, 6.07) is 23.0. The molecule has 7 nitrogen and oxygen atoms in total. The van der Waals surface area contributed by atoms with Crippen molar-refractivity contribution in [3.8, 4) is 11.5 Å². The van der Waals surface area contributed by atoms with Crippen LogP contribution in [0.5, 0.6) is 11.5 Å². The molecule has 0 aliphatic carbocycles. The van der Waals surface area contributed by atoms with Gasteiger partial charge in [0, 0.05) is 18.7 Å². The summed E-state index contributed by atoms with van der Waals surface area (Å²) in [4.78, 5) is 30.6. The zero-order valence-electron chi connectivity index (χ0n) is 18.5. The van der Waals surface area contributed by atoms with Crippen LogP contribution in [0, 0.1) is 0 Å². The van der Waals surface area contributed by atoms with Crippen LogP contribution in [0.25, 0.3) is 10.2 Å². The van der Waals surface area contributed by atoms with E-state index < -0.39 is 5.92 Å². The lowest BCUT2D eigenvalue weighted by molar-refractivity contribution is -0.140. The fourth-order valence-electron chi connectivity index (χ4n) is 3.99. The van der Waals surface area contributed by atoms with E-state index in [0.717, 1.165) is 21.3 Å². The minimum absolute atomic E-state index is 0.152. The Bertz CT molecular complexity index is 1370. The van der Waals surface area contributed by atoms with Gasteiger partial charge in [0.2, 0.25) is 6.79 Å². The molecule has 0 fully saturated rings. The normalized spacial score (nSPS) is 12.9. The number of nitrogens with zero attached hydrogens (tertiary/aromatic N) is 2.